The van der Waals surface area contributed by atoms with Gasteiger partial charge in [-0.05, 0) is 48.5 Å². The third kappa shape index (κ3) is 4.34. The van der Waals surface area contributed by atoms with Crippen LogP contribution in [0.3, 0.4) is 0 Å². The molecule has 2 N–H and O–H groups in total. The van der Waals surface area contributed by atoms with Gasteiger partial charge in [-0.2, -0.15) is 5.26 Å². The smallest absolute Gasteiger partial charge is 0.101 e. The molecule has 23 heavy (non-hydrogen) atoms. The van der Waals surface area contributed by atoms with Crippen LogP contribution in [-0.4, -0.2) is 18.3 Å². The van der Waals surface area contributed by atoms with Gasteiger partial charge in [0.05, 0.1) is 6.07 Å². The Morgan fingerprint density at radius 1 is 1.30 bits per heavy atom. The fourth-order valence-electron chi connectivity index (χ4n) is 4.85. The van der Waals surface area contributed by atoms with Gasteiger partial charge in [0.15, 0.2) is 0 Å². The highest BCUT2D eigenvalue weighted by molar-refractivity contribution is 5.16. The number of hydrogen-bond donors (Lipinski definition) is 2. The molecule has 3 unspecified atom stereocenters. The lowest BCUT2D eigenvalue weighted by atomic mass is 9.56. The lowest BCUT2D eigenvalue weighted by Gasteiger charge is -2.50. The molecule has 0 radical (unpaired) electrons. The first kappa shape index (κ1) is 18.0. The predicted molar refractivity (Wildman–Crippen MR) is 93.6 cm³/mol. The van der Waals surface area contributed by atoms with Gasteiger partial charge in [-0.25, -0.2) is 0 Å². The molecule has 3 rings (SSSR count). The Hall–Kier alpha value is -1.37. The Balaban J connectivity index is 0.000000924. The van der Waals surface area contributed by atoms with Crippen molar-refractivity contribution in [2.45, 2.75) is 58.0 Å². The van der Waals surface area contributed by atoms with E-state index in [2.05, 4.69) is 42.6 Å². The molecule has 3 heteroatoms. The van der Waals surface area contributed by atoms with Gasteiger partial charge in [0.25, 0.3) is 0 Å². The van der Waals surface area contributed by atoms with Crippen LogP contribution in [0.4, 0.5) is 0 Å². The summed E-state index contributed by atoms with van der Waals surface area (Å²) in [7, 11) is 1.00. The highest BCUT2D eigenvalue weighted by atomic mass is 16.2. The number of nitriles is 1. The van der Waals surface area contributed by atoms with Crippen LogP contribution in [0.1, 0.15) is 51.0 Å². The molecule has 2 aliphatic carbocycles. The number of rotatable bonds is 4. The Morgan fingerprint density at radius 2 is 2.04 bits per heavy atom. The third-order valence-corrected chi connectivity index (χ3v) is 5.57. The fourth-order valence-corrected chi connectivity index (χ4v) is 4.85. The highest BCUT2D eigenvalue weighted by Gasteiger charge is 2.46. The van der Waals surface area contributed by atoms with Gasteiger partial charge in [0, 0.05) is 13.7 Å². The van der Waals surface area contributed by atoms with Crippen LogP contribution in [-0.2, 0) is 6.54 Å². The van der Waals surface area contributed by atoms with E-state index in [0.29, 0.717) is 0 Å². The van der Waals surface area contributed by atoms with Crippen LogP contribution in [0.2, 0.25) is 0 Å². The molecule has 0 aliphatic heterocycles. The maximum absolute atomic E-state index is 9.74. The van der Waals surface area contributed by atoms with Gasteiger partial charge in [0.1, 0.15) is 6.04 Å². The molecular formula is C20H30N2O. The van der Waals surface area contributed by atoms with Crippen molar-refractivity contribution in [3.8, 4) is 6.07 Å². The Labute approximate surface area is 140 Å². The fraction of sp³-hybridized carbons (Fsp3) is 0.650. The van der Waals surface area contributed by atoms with Gasteiger partial charge in [-0.3, -0.25) is 5.32 Å². The zero-order valence-electron chi connectivity index (χ0n) is 14.5. The van der Waals surface area contributed by atoms with Crippen molar-refractivity contribution in [1.29, 1.82) is 5.26 Å². The topological polar surface area (TPSA) is 56.0 Å². The molecule has 0 heterocycles. The summed E-state index contributed by atoms with van der Waals surface area (Å²) < 4.78 is 0. The molecule has 1 aromatic rings. The maximum atomic E-state index is 9.74. The van der Waals surface area contributed by atoms with E-state index in [-0.39, 0.29) is 11.5 Å². The molecular weight excluding hydrogens is 284 g/mol. The predicted octanol–water partition coefficient (Wildman–Crippen LogP) is 3.88. The standard InChI is InChI=1S/C19H26N2.CH4O/c1-15-10-17-8-5-9-19(11-15,12-17)18(13-20)21-14-16-6-3-2-4-7-16;1-2/h2-4,6-7,15,17-18,21H,5,8-12,14H2,1H3;2H,1H3/t15?,17?,18?,19-;/m1./s1. The van der Waals surface area contributed by atoms with Crippen LogP contribution in [0.25, 0.3) is 0 Å². The van der Waals surface area contributed by atoms with Crippen molar-refractivity contribution in [2.24, 2.45) is 17.3 Å². The minimum absolute atomic E-state index is 0.00301. The first-order chi connectivity index (χ1) is 11.2. The number of nitrogens with one attached hydrogen (secondary N) is 1. The second-order valence-corrected chi connectivity index (χ2v) is 7.30. The number of aliphatic hydroxyl groups is 1. The lowest BCUT2D eigenvalue weighted by Crippen LogP contribution is -2.50. The Bertz CT molecular complexity index is 506. The van der Waals surface area contributed by atoms with Crippen LogP contribution >= 0.6 is 0 Å². The average molecular weight is 314 g/mol. The van der Waals surface area contributed by atoms with Crippen LogP contribution in [0.5, 0.6) is 0 Å². The summed E-state index contributed by atoms with van der Waals surface area (Å²) in [4.78, 5) is 0. The quantitative estimate of drug-likeness (QED) is 0.886. The molecule has 0 saturated heterocycles. The molecule has 0 spiro atoms. The summed E-state index contributed by atoms with van der Waals surface area (Å²) in [5.74, 6) is 1.63. The molecule has 2 aliphatic rings. The minimum Gasteiger partial charge on any atom is -0.400 e. The summed E-state index contributed by atoms with van der Waals surface area (Å²) >= 11 is 0. The largest absolute Gasteiger partial charge is 0.400 e. The number of nitrogens with zero attached hydrogens (tertiary/aromatic N) is 1. The SMILES string of the molecule is CC1CC2CCC[C@@](C(C#N)NCc3ccccc3)(C1)C2.CO. The summed E-state index contributed by atoms with van der Waals surface area (Å²) in [5.41, 5.74) is 1.50. The lowest BCUT2D eigenvalue weighted by molar-refractivity contribution is 0.0263. The summed E-state index contributed by atoms with van der Waals surface area (Å²) in [6.07, 6.45) is 7.78. The second kappa shape index (κ2) is 8.47. The van der Waals surface area contributed by atoms with E-state index in [4.69, 9.17) is 5.11 Å². The first-order valence-electron chi connectivity index (χ1n) is 8.83. The molecule has 126 valence electrons. The monoisotopic (exact) mass is 314 g/mol. The van der Waals surface area contributed by atoms with Gasteiger partial charge >= 0.3 is 0 Å². The summed E-state index contributed by atoms with van der Waals surface area (Å²) in [5, 5.41) is 20.3. The van der Waals surface area contributed by atoms with Gasteiger partial charge in [0.2, 0.25) is 0 Å². The van der Waals surface area contributed by atoms with Crippen molar-refractivity contribution in [3.63, 3.8) is 0 Å². The Morgan fingerprint density at radius 3 is 2.74 bits per heavy atom. The first-order valence-corrected chi connectivity index (χ1v) is 8.83. The summed E-state index contributed by atoms with van der Waals surface area (Å²) in [6, 6.07) is 13.0. The van der Waals surface area contributed by atoms with E-state index in [1.165, 1.54) is 44.1 Å². The van der Waals surface area contributed by atoms with Crippen molar-refractivity contribution in [1.82, 2.24) is 5.32 Å². The van der Waals surface area contributed by atoms with Crippen molar-refractivity contribution >= 4 is 0 Å². The average Bonchev–Trinajstić information content (AvgIpc) is 2.57. The van der Waals surface area contributed by atoms with Crippen LogP contribution < -0.4 is 5.32 Å². The van der Waals surface area contributed by atoms with E-state index in [1.807, 2.05) is 6.07 Å². The van der Waals surface area contributed by atoms with E-state index < -0.39 is 0 Å². The zero-order chi connectivity index (χ0) is 16.7. The van der Waals surface area contributed by atoms with E-state index in [0.717, 1.165) is 25.5 Å². The molecule has 2 saturated carbocycles. The maximum Gasteiger partial charge on any atom is 0.101 e. The number of benzene rings is 1. The van der Waals surface area contributed by atoms with Crippen LogP contribution in [0.15, 0.2) is 30.3 Å². The molecule has 0 amide bonds. The number of fused-ring (bicyclic) bond motifs is 2. The summed E-state index contributed by atoms with van der Waals surface area (Å²) in [6.45, 7) is 3.18. The molecule has 4 atom stereocenters. The molecule has 1 aromatic carbocycles. The van der Waals surface area contributed by atoms with Crippen LogP contribution in [0, 0.1) is 28.6 Å². The normalized spacial score (nSPS) is 30.5. The van der Waals surface area contributed by atoms with Gasteiger partial charge in [-0.1, -0.05) is 50.1 Å². The Kier molecular flexibility index (Phi) is 6.62. The highest BCUT2D eigenvalue weighted by Crippen LogP contribution is 2.52. The molecule has 0 aromatic heterocycles. The van der Waals surface area contributed by atoms with Gasteiger partial charge in [-0.15, -0.1) is 0 Å². The van der Waals surface area contributed by atoms with Gasteiger partial charge < -0.3 is 5.11 Å². The van der Waals surface area contributed by atoms with Crippen molar-refractivity contribution < 1.29 is 5.11 Å². The zero-order valence-corrected chi connectivity index (χ0v) is 14.5. The number of aliphatic hydroxyl groups excluding tert-OH is 1. The minimum atomic E-state index is 0.00301. The molecule has 3 nitrogen and oxygen atoms in total. The van der Waals surface area contributed by atoms with E-state index >= 15 is 0 Å². The van der Waals surface area contributed by atoms with Crippen molar-refractivity contribution in [3.05, 3.63) is 35.9 Å². The van der Waals surface area contributed by atoms with E-state index in [1.54, 1.807) is 0 Å². The van der Waals surface area contributed by atoms with Crippen molar-refractivity contribution in [2.75, 3.05) is 7.11 Å². The second-order valence-electron chi connectivity index (χ2n) is 7.30. The third-order valence-electron chi connectivity index (χ3n) is 5.57. The van der Waals surface area contributed by atoms with E-state index in [9.17, 15) is 5.26 Å². The molecule has 2 bridgehead atoms. The number of hydrogen-bond acceptors (Lipinski definition) is 3. The molecule has 2 fully saturated rings.